The van der Waals surface area contributed by atoms with Gasteiger partial charge in [0.25, 0.3) is 0 Å². The second-order valence-corrected chi connectivity index (χ2v) is 5.17. The van der Waals surface area contributed by atoms with E-state index in [0.717, 1.165) is 34.1 Å². The van der Waals surface area contributed by atoms with Crippen molar-refractivity contribution in [2.45, 2.75) is 0 Å². The van der Waals surface area contributed by atoms with E-state index >= 15 is 0 Å². The van der Waals surface area contributed by atoms with Gasteiger partial charge < -0.3 is 5.32 Å². The molecular weight excluding hydrogens is 260 g/mol. The fraction of sp³-hybridized carbons (Fsp3) is 0. The van der Waals surface area contributed by atoms with Crippen molar-refractivity contribution in [2.24, 2.45) is 0 Å². The predicted octanol–water partition coefficient (Wildman–Crippen LogP) is 3.71. The van der Waals surface area contributed by atoms with Crippen molar-refractivity contribution in [1.82, 2.24) is 9.55 Å². The van der Waals surface area contributed by atoms with E-state index in [-0.39, 0.29) is 0 Å². The molecule has 1 aromatic heterocycles. The Hall–Kier alpha value is -3.01. The van der Waals surface area contributed by atoms with Gasteiger partial charge in [0.1, 0.15) is 11.6 Å². The maximum atomic E-state index is 4.71. The van der Waals surface area contributed by atoms with E-state index in [1.165, 1.54) is 0 Å². The normalized spacial score (nSPS) is 15.0. The molecule has 0 atom stereocenters. The molecule has 0 aliphatic carbocycles. The maximum absolute atomic E-state index is 4.71. The first-order chi connectivity index (χ1) is 10.4. The van der Waals surface area contributed by atoms with Crippen LogP contribution in [0.3, 0.4) is 0 Å². The zero-order chi connectivity index (χ0) is 13.8. The van der Waals surface area contributed by atoms with Gasteiger partial charge in [-0.3, -0.25) is 9.47 Å². The van der Waals surface area contributed by atoms with E-state index in [2.05, 4.69) is 57.5 Å². The standard InChI is InChI=1S/C17H12N4/c1-3-7-14-12(5-1)18-16-11-17-19-13-6-2-4-8-15(13)21(17)10-9-20(14)16/h1-11,18H. The smallest absolute Gasteiger partial charge is 0.141 e. The summed E-state index contributed by atoms with van der Waals surface area (Å²) in [6, 6.07) is 16.5. The molecule has 0 bridgehead atoms. The van der Waals surface area contributed by atoms with Gasteiger partial charge in [-0.15, -0.1) is 0 Å². The molecule has 5 rings (SSSR count). The number of hydrogen-bond donors (Lipinski definition) is 1. The molecule has 2 aliphatic rings. The summed E-state index contributed by atoms with van der Waals surface area (Å²) >= 11 is 0. The summed E-state index contributed by atoms with van der Waals surface area (Å²) in [7, 11) is 0. The Morgan fingerprint density at radius 1 is 0.905 bits per heavy atom. The van der Waals surface area contributed by atoms with Crippen molar-refractivity contribution in [2.75, 3.05) is 10.2 Å². The molecule has 0 radical (unpaired) electrons. The van der Waals surface area contributed by atoms with Gasteiger partial charge in [0, 0.05) is 18.5 Å². The van der Waals surface area contributed by atoms with Crippen LogP contribution in [0.15, 0.2) is 60.6 Å². The molecule has 2 aliphatic heterocycles. The van der Waals surface area contributed by atoms with Gasteiger partial charge in [0.05, 0.1) is 22.4 Å². The monoisotopic (exact) mass is 272 g/mol. The number of fused-ring (bicyclic) bond motifs is 6. The van der Waals surface area contributed by atoms with Crippen LogP contribution in [0.2, 0.25) is 0 Å². The molecule has 2 aromatic carbocycles. The number of para-hydroxylation sites is 4. The van der Waals surface area contributed by atoms with Gasteiger partial charge in [-0.2, -0.15) is 0 Å². The second-order valence-electron chi connectivity index (χ2n) is 5.17. The minimum Gasteiger partial charge on any atom is -0.340 e. The van der Waals surface area contributed by atoms with Gasteiger partial charge in [0.15, 0.2) is 0 Å². The van der Waals surface area contributed by atoms with Gasteiger partial charge in [0.2, 0.25) is 0 Å². The van der Waals surface area contributed by atoms with Crippen LogP contribution in [0.5, 0.6) is 0 Å². The molecule has 3 aromatic rings. The van der Waals surface area contributed by atoms with E-state index in [9.17, 15) is 0 Å². The second kappa shape index (κ2) is 3.76. The van der Waals surface area contributed by atoms with Gasteiger partial charge in [-0.1, -0.05) is 24.3 Å². The van der Waals surface area contributed by atoms with Crippen molar-refractivity contribution >= 4 is 34.7 Å². The van der Waals surface area contributed by atoms with Gasteiger partial charge in [-0.05, 0) is 24.3 Å². The molecule has 100 valence electrons. The third-order valence-electron chi connectivity index (χ3n) is 3.94. The lowest BCUT2D eigenvalue weighted by Crippen LogP contribution is -2.12. The van der Waals surface area contributed by atoms with Crippen LogP contribution in [0.1, 0.15) is 5.82 Å². The highest BCUT2D eigenvalue weighted by Crippen LogP contribution is 2.38. The third kappa shape index (κ3) is 1.41. The fourth-order valence-electron chi connectivity index (χ4n) is 2.96. The Morgan fingerprint density at radius 3 is 2.76 bits per heavy atom. The van der Waals surface area contributed by atoms with E-state index < -0.39 is 0 Å². The fourth-order valence-corrected chi connectivity index (χ4v) is 2.96. The summed E-state index contributed by atoms with van der Waals surface area (Å²) in [5, 5.41) is 3.44. The zero-order valence-electron chi connectivity index (χ0n) is 11.2. The Labute approximate surface area is 121 Å². The number of imidazole rings is 1. The highest BCUT2D eigenvalue weighted by molar-refractivity contribution is 5.88. The molecule has 0 spiro atoms. The van der Waals surface area contributed by atoms with Gasteiger partial charge >= 0.3 is 0 Å². The number of anilines is 2. The Kier molecular flexibility index (Phi) is 1.92. The lowest BCUT2D eigenvalue weighted by molar-refractivity contribution is 1.14. The van der Waals surface area contributed by atoms with Crippen LogP contribution in [-0.4, -0.2) is 9.55 Å². The minimum atomic E-state index is 0.935. The third-order valence-corrected chi connectivity index (χ3v) is 3.94. The number of rotatable bonds is 0. The maximum Gasteiger partial charge on any atom is 0.141 e. The topological polar surface area (TPSA) is 33.1 Å². The lowest BCUT2D eigenvalue weighted by Gasteiger charge is -2.12. The number of nitrogens with zero attached hydrogens (tertiary/aromatic N) is 3. The summed E-state index contributed by atoms with van der Waals surface area (Å²) in [6.07, 6.45) is 6.23. The quantitative estimate of drug-likeness (QED) is 0.677. The molecule has 1 N–H and O–H groups in total. The molecule has 3 heterocycles. The van der Waals surface area contributed by atoms with Crippen molar-refractivity contribution < 1.29 is 0 Å². The number of nitrogens with one attached hydrogen (secondary N) is 1. The van der Waals surface area contributed by atoms with Crippen LogP contribution in [-0.2, 0) is 0 Å². The molecule has 4 nitrogen and oxygen atoms in total. The van der Waals surface area contributed by atoms with Gasteiger partial charge in [-0.25, -0.2) is 4.98 Å². The molecule has 0 saturated carbocycles. The van der Waals surface area contributed by atoms with E-state index in [1.54, 1.807) is 0 Å². The van der Waals surface area contributed by atoms with E-state index in [1.807, 2.05) is 24.3 Å². The Morgan fingerprint density at radius 2 is 1.76 bits per heavy atom. The van der Waals surface area contributed by atoms with Crippen LogP contribution in [0.4, 0.5) is 11.4 Å². The molecule has 0 unspecified atom stereocenters. The highest BCUT2D eigenvalue weighted by Gasteiger charge is 2.24. The van der Waals surface area contributed by atoms with E-state index in [4.69, 9.17) is 4.98 Å². The first-order valence-corrected chi connectivity index (χ1v) is 6.92. The Bertz CT molecular complexity index is 933. The van der Waals surface area contributed by atoms with Crippen LogP contribution < -0.4 is 10.2 Å². The minimum absolute atomic E-state index is 0.935. The van der Waals surface area contributed by atoms with Crippen molar-refractivity contribution in [1.29, 1.82) is 0 Å². The molecule has 21 heavy (non-hydrogen) atoms. The largest absolute Gasteiger partial charge is 0.340 e. The van der Waals surface area contributed by atoms with Crippen LogP contribution in [0.25, 0.3) is 23.3 Å². The zero-order valence-corrected chi connectivity index (χ0v) is 11.2. The van der Waals surface area contributed by atoms with Crippen molar-refractivity contribution in [3.8, 4) is 0 Å². The summed E-state index contributed by atoms with van der Waals surface area (Å²) in [6.45, 7) is 0. The number of aromatic nitrogens is 2. The van der Waals surface area contributed by atoms with Crippen LogP contribution >= 0.6 is 0 Å². The number of hydrogen-bond acceptors (Lipinski definition) is 3. The first kappa shape index (κ1) is 10.7. The average molecular weight is 272 g/mol. The molecular formula is C17H12N4. The summed E-state index contributed by atoms with van der Waals surface area (Å²) in [5.74, 6) is 1.96. The van der Waals surface area contributed by atoms with Crippen molar-refractivity contribution in [3.05, 3.63) is 66.4 Å². The van der Waals surface area contributed by atoms with E-state index in [0.29, 0.717) is 0 Å². The molecule has 0 saturated heterocycles. The summed E-state index contributed by atoms with van der Waals surface area (Å²) < 4.78 is 2.12. The lowest BCUT2D eigenvalue weighted by atomic mass is 10.3. The van der Waals surface area contributed by atoms with Crippen LogP contribution in [0, 0.1) is 0 Å². The predicted molar refractivity (Wildman–Crippen MR) is 85.6 cm³/mol. The first-order valence-electron chi connectivity index (χ1n) is 6.92. The summed E-state index contributed by atoms with van der Waals surface area (Å²) in [4.78, 5) is 6.86. The molecule has 4 heteroatoms. The SMILES string of the molecule is C1=Cn2c(nc3ccccc32)C=C2Nc3ccccc3N12. The highest BCUT2D eigenvalue weighted by atomic mass is 15.3. The Balaban J connectivity index is 1.74. The summed E-state index contributed by atoms with van der Waals surface area (Å²) in [5.41, 5.74) is 4.42. The molecule has 0 fully saturated rings. The number of benzene rings is 2. The molecule has 0 amide bonds. The van der Waals surface area contributed by atoms with Crippen molar-refractivity contribution in [3.63, 3.8) is 0 Å². The average Bonchev–Trinajstić information content (AvgIpc) is 2.98.